The van der Waals surface area contributed by atoms with Crippen LogP contribution in [-0.4, -0.2) is 17.2 Å². The summed E-state index contributed by atoms with van der Waals surface area (Å²) in [7, 11) is 0. The first-order valence-corrected chi connectivity index (χ1v) is 1.62. The van der Waals surface area contributed by atoms with E-state index in [0.29, 0.717) is 0 Å². The van der Waals surface area contributed by atoms with Gasteiger partial charge in [-0.3, -0.25) is 4.79 Å². The minimum absolute atomic E-state index is 0. The molecule has 0 saturated carbocycles. The summed E-state index contributed by atoms with van der Waals surface area (Å²) in [5.74, 6) is -3.01. The van der Waals surface area contributed by atoms with E-state index in [4.69, 9.17) is 2.74 Å². The molecule has 0 spiro atoms. The standard InChI is InChI=1S/C4H6O3.Na.H2O/c1-2-3(5)4(6)7;;/h2H2,1H3,(H,6,7);;1H2/q;+1;/p-1/i1+1D2;;. The zero-order valence-electron chi connectivity index (χ0n) is 7.01. The van der Waals surface area contributed by atoms with Gasteiger partial charge in [-0.15, -0.1) is 0 Å². The molecule has 48 valence electrons. The van der Waals surface area contributed by atoms with E-state index >= 15 is 0 Å². The van der Waals surface area contributed by atoms with Crippen molar-refractivity contribution in [2.75, 3.05) is 0 Å². The summed E-state index contributed by atoms with van der Waals surface area (Å²) in [5, 5.41) is 9.61. The normalized spacial score (nSPS) is 9.89. The Morgan fingerprint density at radius 2 is 2.11 bits per heavy atom. The molecule has 0 fully saturated rings. The number of carbonyl (C=O) groups excluding carboxylic acids is 2. The van der Waals surface area contributed by atoms with Gasteiger partial charge in [-0.25, -0.2) is 0 Å². The molecule has 0 aromatic carbocycles. The molecule has 5 heteroatoms. The van der Waals surface area contributed by atoms with Gasteiger partial charge in [-0.1, -0.05) is 6.88 Å². The van der Waals surface area contributed by atoms with Crippen LogP contribution < -0.4 is 34.7 Å². The Morgan fingerprint density at radius 3 is 2.22 bits per heavy atom. The van der Waals surface area contributed by atoms with Gasteiger partial charge in [0, 0.05) is 9.16 Å². The second kappa shape index (κ2) is 8.10. The number of Topliss-reactive ketones (excluding diaryl/α,β-unsaturated/α-hetero) is 1. The fraction of sp³-hybridized carbons (Fsp3) is 0.500. The van der Waals surface area contributed by atoms with Crippen LogP contribution in [0.4, 0.5) is 0 Å². The van der Waals surface area contributed by atoms with E-state index in [0.717, 1.165) is 0 Å². The van der Waals surface area contributed by atoms with Crippen molar-refractivity contribution in [3.8, 4) is 0 Å². The number of hydrogen-bond acceptors (Lipinski definition) is 3. The first kappa shape index (κ1) is 9.10. The van der Waals surface area contributed by atoms with Crippen molar-refractivity contribution in [2.24, 2.45) is 0 Å². The van der Waals surface area contributed by atoms with E-state index in [2.05, 4.69) is 0 Å². The Kier molecular flexibility index (Phi) is 8.19. The summed E-state index contributed by atoms with van der Waals surface area (Å²) in [6, 6.07) is 0. The van der Waals surface area contributed by atoms with Crippen LogP contribution in [0.3, 0.4) is 0 Å². The van der Waals surface area contributed by atoms with Gasteiger partial charge in [-0.2, -0.15) is 0 Å². The number of hydrogen-bond donors (Lipinski definition) is 0. The maximum atomic E-state index is 10.1. The van der Waals surface area contributed by atoms with Crippen molar-refractivity contribution in [3.05, 3.63) is 0 Å². The molecule has 9 heavy (non-hydrogen) atoms. The molecule has 0 atom stereocenters. The molecular weight excluding hydrogens is 136 g/mol. The van der Waals surface area contributed by atoms with Gasteiger partial charge in [0.25, 0.3) is 0 Å². The van der Waals surface area contributed by atoms with Crippen LogP contribution in [0.25, 0.3) is 0 Å². The SMILES string of the molecule is O.[2H][13CH]([2H])CC(=O)C(=O)[O-].[Na+]. The van der Waals surface area contributed by atoms with Crippen molar-refractivity contribution in [3.63, 3.8) is 0 Å². The van der Waals surface area contributed by atoms with E-state index in [1.807, 2.05) is 0 Å². The van der Waals surface area contributed by atoms with Crippen molar-refractivity contribution >= 4 is 11.8 Å². The molecule has 0 amide bonds. The Balaban J connectivity index is -0.000000320. The van der Waals surface area contributed by atoms with Crippen LogP contribution in [0.2, 0.25) is 0 Å². The smallest absolute Gasteiger partial charge is 0.542 e. The third kappa shape index (κ3) is 8.10. The molecular formula is C4H7NaO4. The van der Waals surface area contributed by atoms with E-state index in [1.54, 1.807) is 0 Å². The number of ketones is 1. The molecule has 0 aliphatic heterocycles. The molecule has 0 bridgehead atoms. The molecule has 0 aromatic rings. The summed E-state index contributed by atoms with van der Waals surface area (Å²) in [4.78, 5) is 19.7. The van der Waals surface area contributed by atoms with Crippen LogP contribution in [0, 0.1) is 0 Å². The molecule has 0 aliphatic carbocycles. The number of rotatable bonds is 2. The van der Waals surface area contributed by atoms with E-state index in [-0.39, 0.29) is 35.0 Å². The fourth-order valence-electron chi connectivity index (χ4n) is 0.0833. The topological polar surface area (TPSA) is 88.7 Å². The van der Waals surface area contributed by atoms with Crippen LogP contribution in [0.5, 0.6) is 0 Å². The fourth-order valence-corrected chi connectivity index (χ4v) is 0.0833. The Hall–Kier alpha value is 0.100. The van der Waals surface area contributed by atoms with Gasteiger partial charge >= 0.3 is 29.6 Å². The first-order valence-electron chi connectivity index (χ1n) is 2.78. The van der Waals surface area contributed by atoms with E-state index in [9.17, 15) is 14.7 Å². The molecule has 0 aromatic heterocycles. The summed E-state index contributed by atoms with van der Waals surface area (Å²) < 4.78 is 12.9. The van der Waals surface area contributed by atoms with Crippen LogP contribution in [-0.2, 0) is 9.59 Å². The van der Waals surface area contributed by atoms with Gasteiger partial charge in [0.2, 0.25) is 0 Å². The third-order valence-corrected chi connectivity index (χ3v) is 0.413. The number of carboxylic acids is 1. The van der Waals surface area contributed by atoms with Gasteiger partial charge in [0.05, 0.1) is 0 Å². The van der Waals surface area contributed by atoms with Gasteiger partial charge < -0.3 is 15.4 Å². The Labute approximate surface area is 77.7 Å². The monoisotopic (exact) mass is 145 g/mol. The van der Waals surface area contributed by atoms with E-state index < -0.39 is 25.0 Å². The van der Waals surface area contributed by atoms with Gasteiger partial charge in [0.15, 0.2) is 5.78 Å². The maximum Gasteiger partial charge on any atom is 1.00 e. The number of aliphatic carboxylic acids is 1. The van der Waals surface area contributed by atoms with Gasteiger partial charge in [0.1, 0.15) is 5.97 Å². The average molecular weight is 145 g/mol. The van der Waals surface area contributed by atoms with Crippen molar-refractivity contribution in [2.45, 2.75) is 13.3 Å². The maximum absolute atomic E-state index is 10.1. The van der Waals surface area contributed by atoms with Crippen molar-refractivity contribution in [1.29, 1.82) is 0 Å². The molecule has 0 saturated heterocycles. The quantitative estimate of drug-likeness (QED) is 0.221. The molecule has 0 heterocycles. The number of carbonyl (C=O) groups is 2. The van der Waals surface area contributed by atoms with Gasteiger partial charge in [-0.05, 0) is 0 Å². The van der Waals surface area contributed by atoms with Crippen molar-refractivity contribution < 1.29 is 52.5 Å². The van der Waals surface area contributed by atoms with E-state index in [1.165, 1.54) is 0 Å². The largest absolute Gasteiger partial charge is 1.00 e. The second-order valence-corrected chi connectivity index (χ2v) is 0.915. The molecule has 4 nitrogen and oxygen atoms in total. The molecule has 2 N–H and O–H groups in total. The summed E-state index contributed by atoms with van der Waals surface area (Å²) >= 11 is 0. The van der Waals surface area contributed by atoms with Crippen LogP contribution in [0.1, 0.15) is 16.0 Å². The number of carboxylic acid groups (broad SMARTS) is 1. The summed E-state index contributed by atoms with van der Waals surface area (Å²) in [5.41, 5.74) is 0. The average Bonchev–Trinajstić information content (AvgIpc) is 1.63. The molecule has 0 radical (unpaired) electrons. The molecule has 0 aliphatic rings. The predicted octanol–water partition coefficient (Wildman–Crippen LogP) is -5.11. The van der Waals surface area contributed by atoms with Crippen LogP contribution >= 0.6 is 0 Å². The minimum Gasteiger partial charge on any atom is -0.542 e. The Bertz CT molecular complexity index is 138. The second-order valence-electron chi connectivity index (χ2n) is 0.915. The first-order chi connectivity index (χ1) is 4.04. The minimum atomic E-state index is -1.82. The zero-order valence-corrected chi connectivity index (χ0v) is 7.01. The summed E-state index contributed by atoms with van der Waals surface area (Å²) in [6.07, 6.45) is -0.595. The zero-order chi connectivity index (χ0) is 7.44. The molecule has 0 unspecified atom stereocenters. The predicted molar refractivity (Wildman–Crippen MR) is 23.9 cm³/mol. The van der Waals surface area contributed by atoms with Crippen LogP contribution in [0.15, 0.2) is 0 Å². The third-order valence-electron chi connectivity index (χ3n) is 0.413. The Morgan fingerprint density at radius 1 is 1.67 bits per heavy atom. The summed E-state index contributed by atoms with van der Waals surface area (Å²) in [6.45, 7) is -1.41. The van der Waals surface area contributed by atoms with Crippen molar-refractivity contribution in [1.82, 2.24) is 0 Å². The molecule has 0 rings (SSSR count).